The maximum Gasteiger partial charge on any atom is 0.255 e. The first-order valence-electron chi connectivity index (χ1n) is 5.40. The molecule has 17 heavy (non-hydrogen) atoms. The van der Waals surface area contributed by atoms with Gasteiger partial charge in [-0.3, -0.25) is 4.79 Å². The van der Waals surface area contributed by atoms with E-state index in [-0.39, 0.29) is 17.4 Å². The smallest absolute Gasteiger partial charge is 0.255 e. The van der Waals surface area contributed by atoms with Crippen molar-refractivity contribution >= 4 is 5.91 Å². The van der Waals surface area contributed by atoms with Crippen molar-refractivity contribution < 1.29 is 19.7 Å². The van der Waals surface area contributed by atoms with Gasteiger partial charge < -0.3 is 20.3 Å². The average Bonchev–Trinajstić information content (AvgIpc) is 2.31. The molecule has 1 aromatic rings. The number of ether oxygens (including phenoxy) is 1. The van der Waals surface area contributed by atoms with Crippen molar-refractivity contribution in [2.45, 2.75) is 19.4 Å². The molecule has 1 aromatic carbocycles. The Morgan fingerprint density at radius 1 is 1.47 bits per heavy atom. The van der Waals surface area contributed by atoms with E-state index in [0.717, 1.165) is 6.42 Å². The highest BCUT2D eigenvalue weighted by Gasteiger charge is 2.16. The number of aromatic hydroxyl groups is 2. The number of para-hydroxylation sites is 1. The number of nitrogens with one attached hydrogen (secondary N) is 1. The van der Waals surface area contributed by atoms with Gasteiger partial charge in [-0.05, 0) is 18.6 Å². The van der Waals surface area contributed by atoms with Gasteiger partial charge in [0.05, 0.1) is 18.2 Å². The van der Waals surface area contributed by atoms with E-state index in [1.165, 1.54) is 18.2 Å². The van der Waals surface area contributed by atoms with Crippen molar-refractivity contribution in [3.63, 3.8) is 0 Å². The third kappa shape index (κ3) is 3.35. The molecule has 1 rings (SSSR count). The molecule has 1 atom stereocenters. The van der Waals surface area contributed by atoms with Gasteiger partial charge in [0.25, 0.3) is 5.91 Å². The Balaban J connectivity index is 2.79. The SMILES string of the molecule is CCC(COC)NC(=O)c1cccc(O)c1O. The monoisotopic (exact) mass is 239 g/mol. The van der Waals surface area contributed by atoms with Gasteiger partial charge in [0.2, 0.25) is 0 Å². The summed E-state index contributed by atoms with van der Waals surface area (Å²) in [6, 6.07) is 4.15. The van der Waals surface area contributed by atoms with Gasteiger partial charge in [-0.25, -0.2) is 0 Å². The Labute approximate surface area is 100 Å². The molecule has 0 aromatic heterocycles. The van der Waals surface area contributed by atoms with E-state index in [4.69, 9.17) is 4.74 Å². The summed E-state index contributed by atoms with van der Waals surface area (Å²) in [4.78, 5) is 11.8. The Hall–Kier alpha value is -1.75. The molecule has 0 fully saturated rings. The van der Waals surface area contributed by atoms with Crippen LogP contribution in [0, 0.1) is 0 Å². The fourth-order valence-electron chi connectivity index (χ4n) is 1.44. The normalized spacial score (nSPS) is 12.1. The summed E-state index contributed by atoms with van der Waals surface area (Å²) >= 11 is 0. The molecule has 0 aliphatic carbocycles. The summed E-state index contributed by atoms with van der Waals surface area (Å²) < 4.78 is 4.96. The van der Waals surface area contributed by atoms with Crippen LogP contribution in [0.3, 0.4) is 0 Å². The summed E-state index contributed by atoms with van der Waals surface area (Å²) in [5, 5.41) is 21.5. The predicted octanol–water partition coefficient (Wildman–Crippen LogP) is 1.25. The van der Waals surface area contributed by atoms with Crippen LogP contribution in [0.2, 0.25) is 0 Å². The van der Waals surface area contributed by atoms with Crippen LogP contribution in [0.15, 0.2) is 18.2 Å². The highest BCUT2D eigenvalue weighted by Crippen LogP contribution is 2.27. The standard InChI is InChI=1S/C12H17NO4/c1-3-8(7-17-2)13-12(16)9-5-4-6-10(14)11(9)15/h4-6,8,14-15H,3,7H2,1-2H3,(H,13,16). The van der Waals surface area contributed by atoms with Crippen LogP contribution >= 0.6 is 0 Å². The lowest BCUT2D eigenvalue weighted by Crippen LogP contribution is -2.37. The fourth-order valence-corrected chi connectivity index (χ4v) is 1.44. The van der Waals surface area contributed by atoms with E-state index in [1.54, 1.807) is 7.11 Å². The van der Waals surface area contributed by atoms with Crippen molar-refractivity contribution in [3.05, 3.63) is 23.8 Å². The number of carbonyl (C=O) groups excluding carboxylic acids is 1. The molecule has 0 aliphatic rings. The lowest BCUT2D eigenvalue weighted by molar-refractivity contribution is 0.0891. The van der Waals surface area contributed by atoms with Crippen LogP contribution in [0.25, 0.3) is 0 Å². The third-order valence-corrected chi connectivity index (χ3v) is 2.46. The first-order valence-corrected chi connectivity index (χ1v) is 5.40. The number of hydrogen-bond donors (Lipinski definition) is 3. The van der Waals surface area contributed by atoms with Crippen LogP contribution in [0.5, 0.6) is 11.5 Å². The molecule has 1 amide bonds. The minimum Gasteiger partial charge on any atom is -0.504 e. The number of methoxy groups -OCH3 is 1. The number of phenols is 2. The summed E-state index contributed by atoms with van der Waals surface area (Å²) in [7, 11) is 1.56. The van der Waals surface area contributed by atoms with E-state index < -0.39 is 11.7 Å². The lowest BCUT2D eigenvalue weighted by atomic mass is 10.1. The van der Waals surface area contributed by atoms with E-state index in [9.17, 15) is 15.0 Å². The lowest BCUT2D eigenvalue weighted by Gasteiger charge is -2.16. The Morgan fingerprint density at radius 2 is 2.18 bits per heavy atom. The highest BCUT2D eigenvalue weighted by atomic mass is 16.5. The predicted molar refractivity (Wildman–Crippen MR) is 63.2 cm³/mol. The average molecular weight is 239 g/mol. The van der Waals surface area contributed by atoms with Crippen molar-refractivity contribution in [2.75, 3.05) is 13.7 Å². The molecule has 0 spiro atoms. The van der Waals surface area contributed by atoms with Gasteiger partial charge >= 0.3 is 0 Å². The molecule has 0 radical (unpaired) electrons. The maximum atomic E-state index is 11.8. The summed E-state index contributed by atoms with van der Waals surface area (Å²) in [5.74, 6) is -1.14. The van der Waals surface area contributed by atoms with E-state index in [2.05, 4.69) is 5.32 Å². The molecular weight excluding hydrogens is 222 g/mol. The maximum absolute atomic E-state index is 11.8. The largest absolute Gasteiger partial charge is 0.504 e. The third-order valence-electron chi connectivity index (χ3n) is 2.46. The van der Waals surface area contributed by atoms with Crippen LogP contribution in [-0.2, 0) is 4.74 Å². The zero-order valence-corrected chi connectivity index (χ0v) is 9.93. The number of phenolic OH excluding ortho intramolecular Hbond substituents is 2. The zero-order valence-electron chi connectivity index (χ0n) is 9.93. The first kappa shape index (κ1) is 13.3. The van der Waals surface area contributed by atoms with Crippen molar-refractivity contribution in [2.24, 2.45) is 0 Å². The molecule has 5 nitrogen and oxygen atoms in total. The quantitative estimate of drug-likeness (QED) is 0.676. The van der Waals surface area contributed by atoms with Crippen LogP contribution in [0.1, 0.15) is 23.7 Å². The molecule has 0 saturated heterocycles. The Kier molecular flexibility index (Phi) is 4.78. The van der Waals surface area contributed by atoms with E-state index in [1.807, 2.05) is 6.92 Å². The summed E-state index contributed by atoms with van der Waals surface area (Å²) in [6.07, 6.45) is 0.721. The molecule has 3 N–H and O–H groups in total. The molecule has 94 valence electrons. The molecule has 0 saturated carbocycles. The van der Waals surface area contributed by atoms with Gasteiger partial charge in [-0.2, -0.15) is 0 Å². The van der Waals surface area contributed by atoms with Gasteiger partial charge in [-0.15, -0.1) is 0 Å². The second-order valence-electron chi connectivity index (χ2n) is 3.71. The number of benzene rings is 1. The van der Waals surface area contributed by atoms with E-state index >= 15 is 0 Å². The van der Waals surface area contributed by atoms with Crippen molar-refractivity contribution in [1.82, 2.24) is 5.32 Å². The number of amides is 1. The zero-order chi connectivity index (χ0) is 12.8. The van der Waals surface area contributed by atoms with Gasteiger partial charge in [-0.1, -0.05) is 13.0 Å². The van der Waals surface area contributed by atoms with Gasteiger partial charge in [0, 0.05) is 7.11 Å². The molecule has 5 heteroatoms. The first-order chi connectivity index (χ1) is 8.10. The minimum absolute atomic E-state index is 0.0551. The molecular formula is C12H17NO4. The minimum atomic E-state index is -0.428. The molecule has 0 bridgehead atoms. The number of rotatable bonds is 5. The topological polar surface area (TPSA) is 78.8 Å². The van der Waals surface area contributed by atoms with Gasteiger partial charge in [0.1, 0.15) is 0 Å². The van der Waals surface area contributed by atoms with Crippen molar-refractivity contribution in [3.8, 4) is 11.5 Å². The second kappa shape index (κ2) is 6.10. The molecule has 0 aliphatic heterocycles. The number of hydrogen-bond acceptors (Lipinski definition) is 4. The summed E-state index contributed by atoms with van der Waals surface area (Å²) in [6.45, 7) is 2.33. The Morgan fingerprint density at radius 3 is 2.76 bits per heavy atom. The van der Waals surface area contributed by atoms with Gasteiger partial charge in [0.15, 0.2) is 11.5 Å². The van der Waals surface area contributed by atoms with Crippen LogP contribution in [0.4, 0.5) is 0 Å². The van der Waals surface area contributed by atoms with E-state index in [0.29, 0.717) is 6.61 Å². The molecule has 1 unspecified atom stereocenters. The van der Waals surface area contributed by atoms with Crippen molar-refractivity contribution in [1.29, 1.82) is 0 Å². The summed E-state index contributed by atoms with van der Waals surface area (Å²) in [5.41, 5.74) is 0.0551. The second-order valence-corrected chi connectivity index (χ2v) is 3.71. The Bertz CT molecular complexity index is 392. The fraction of sp³-hybridized carbons (Fsp3) is 0.417. The number of carbonyl (C=O) groups is 1. The molecule has 0 heterocycles. The van der Waals surface area contributed by atoms with Crippen LogP contribution < -0.4 is 5.32 Å². The highest BCUT2D eigenvalue weighted by molar-refractivity contribution is 5.97. The van der Waals surface area contributed by atoms with Crippen LogP contribution in [-0.4, -0.2) is 35.9 Å².